The minimum absolute atomic E-state index is 0.199. The minimum Gasteiger partial charge on any atom is -0.490 e. The molecule has 0 aromatic rings. The van der Waals surface area contributed by atoms with Gasteiger partial charge in [0.2, 0.25) is 0 Å². The molecule has 12 heavy (non-hydrogen) atoms. The summed E-state index contributed by atoms with van der Waals surface area (Å²) in [6.07, 6.45) is 0.612. The van der Waals surface area contributed by atoms with Crippen LogP contribution >= 0.6 is 11.8 Å². The van der Waals surface area contributed by atoms with Gasteiger partial charge in [0.05, 0.1) is 6.61 Å². The fourth-order valence-electron chi connectivity index (χ4n) is 0.726. The second kappa shape index (κ2) is 4.82. The van der Waals surface area contributed by atoms with Crippen LogP contribution in [-0.4, -0.2) is 31.5 Å². The largest absolute Gasteiger partial charge is 0.490 e. The zero-order valence-corrected chi connectivity index (χ0v) is 7.47. The molecule has 0 saturated carbocycles. The lowest BCUT2D eigenvalue weighted by molar-refractivity contribution is -0.102. The number of carbonyl (C=O) groups excluding carboxylic acids is 1. The highest BCUT2D eigenvalue weighted by Crippen LogP contribution is 2.15. The third kappa shape index (κ3) is 2.27. The van der Waals surface area contributed by atoms with Gasteiger partial charge in [-0.05, 0) is 0 Å². The standard InChI is InChI=1S/C7H9NO3S/c1-10-8-6(4-9)7-5-12-3-2-11-7/h4-5H,2-3H2,1H3. The van der Waals surface area contributed by atoms with Crippen LogP contribution in [0.5, 0.6) is 0 Å². The average molecular weight is 187 g/mol. The summed E-state index contributed by atoms with van der Waals surface area (Å²) in [6.45, 7) is 0.604. The molecule has 4 nitrogen and oxygen atoms in total. The molecule has 0 saturated heterocycles. The van der Waals surface area contributed by atoms with Gasteiger partial charge in [0.1, 0.15) is 7.11 Å². The predicted molar refractivity (Wildman–Crippen MR) is 47.0 cm³/mol. The van der Waals surface area contributed by atoms with E-state index in [1.807, 2.05) is 0 Å². The molecule has 0 bridgehead atoms. The maximum Gasteiger partial charge on any atom is 0.184 e. The maximum atomic E-state index is 10.5. The molecule has 1 aliphatic rings. The van der Waals surface area contributed by atoms with Gasteiger partial charge in [-0.1, -0.05) is 5.16 Å². The third-order valence-corrected chi connectivity index (χ3v) is 1.99. The fourth-order valence-corrected chi connectivity index (χ4v) is 1.36. The molecule has 0 atom stereocenters. The normalized spacial score (nSPS) is 17.8. The van der Waals surface area contributed by atoms with Crippen molar-refractivity contribution in [3.05, 3.63) is 11.2 Å². The molecular weight excluding hydrogens is 178 g/mol. The Balaban J connectivity index is 2.70. The van der Waals surface area contributed by atoms with E-state index in [0.29, 0.717) is 18.7 Å². The van der Waals surface area contributed by atoms with Crippen LogP contribution in [0.4, 0.5) is 0 Å². The number of oxime groups is 1. The Morgan fingerprint density at radius 2 is 2.75 bits per heavy atom. The first-order valence-electron chi connectivity index (χ1n) is 3.39. The molecule has 1 rings (SSSR count). The molecule has 1 heterocycles. The van der Waals surface area contributed by atoms with Crippen LogP contribution in [0, 0.1) is 0 Å². The van der Waals surface area contributed by atoms with Gasteiger partial charge in [-0.25, -0.2) is 0 Å². The second-order valence-corrected chi connectivity index (χ2v) is 2.96. The number of ether oxygens (including phenoxy) is 1. The van der Waals surface area contributed by atoms with E-state index in [0.717, 1.165) is 5.75 Å². The summed E-state index contributed by atoms with van der Waals surface area (Å²) >= 11 is 1.59. The molecule has 0 fully saturated rings. The Labute approximate surface area is 74.6 Å². The summed E-state index contributed by atoms with van der Waals surface area (Å²) in [4.78, 5) is 14.9. The van der Waals surface area contributed by atoms with Crippen molar-refractivity contribution in [3.8, 4) is 0 Å². The molecule has 1 aliphatic heterocycles. The van der Waals surface area contributed by atoms with Gasteiger partial charge in [0, 0.05) is 11.2 Å². The van der Waals surface area contributed by atoms with Crippen molar-refractivity contribution in [3.63, 3.8) is 0 Å². The van der Waals surface area contributed by atoms with Gasteiger partial charge in [-0.2, -0.15) is 0 Å². The van der Waals surface area contributed by atoms with E-state index in [4.69, 9.17) is 4.74 Å². The van der Waals surface area contributed by atoms with E-state index in [9.17, 15) is 4.79 Å². The number of aldehydes is 1. The molecule has 0 amide bonds. The molecule has 0 aromatic carbocycles. The molecule has 5 heteroatoms. The van der Waals surface area contributed by atoms with E-state index in [2.05, 4.69) is 9.99 Å². The smallest absolute Gasteiger partial charge is 0.184 e. The van der Waals surface area contributed by atoms with Crippen molar-refractivity contribution >= 4 is 23.8 Å². The van der Waals surface area contributed by atoms with Crippen LogP contribution in [0.2, 0.25) is 0 Å². The van der Waals surface area contributed by atoms with Crippen LogP contribution in [0.3, 0.4) is 0 Å². The fraction of sp³-hybridized carbons (Fsp3) is 0.429. The van der Waals surface area contributed by atoms with Crippen molar-refractivity contribution in [2.24, 2.45) is 5.16 Å². The lowest BCUT2D eigenvalue weighted by Crippen LogP contribution is -2.12. The van der Waals surface area contributed by atoms with E-state index in [1.165, 1.54) is 7.11 Å². The number of hydrogen-bond acceptors (Lipinski definition) is 5. The zero-order valence-electron chi connectivity index (χ0n) is 6.65. The Kier molecular flexibility index (Phi) is 3.66. The van der Waals surface area contributed by atoms with Crippen LogP contribution < -0.4 is 0 Å². The van der Waals surface area contributed by atoms with Crippen molar-refractivity contribution in [2.45, 2.75) is 0 Å². The number of nitrogens with zero attached hydrogens (tertiary/aromatic N) is 1. The summed E-state index contributed by atoms with van der Waals surface area (Å²) in [7, 11) is 1.39. The Morgan fingerprint density at radius 3 is 3.25 bits per heavy atom. The van der Waals surface area contributed by atoms with Gasteiger partial charge >= 0.3 is 0 Å². The summed E-state index contributed by atoms with van der Waals surface area (Å²) in [5.41, 5.74) is 0.199. The quantitative estimate of drug-likeness (QED) is 0.372. The van der Waals surface area contributed by atoms with Crippen molar-refractivity contribution < 1.29 is 14.4 Å². The van der Waals surface area contributed by atoms with Crippen molar-refractivity contribution in [1.29, 1.82) is 0 Å². The number of carbonyl (C=O) groups is 1. The molecule has 0 N–H and O–H groups in total. The Hall–Kier alpha value is -0.970. The van der Waals surface area contributed by atoms with Gasteiger partial charge < -0.3 is 9.57 Å². The third-order valence-electron chi connectivity index (χ3n) is 1.20. The number of hydrogen-bond donors (Lipinski definition) is 0. The lowest BCUT2D eigenvalue weighted by atomic mass is 10.3. The molecule has 0 aliphatic carbocycles. The lowest BCUT2D eigenvalue weighted by Gasteiger charge is -2.12. The molecule has 66 valence electrons. The monoisotopic (exact) mass is 187 g/mol. The minimum atomic E-state index is 0.199. The first-order valence-corrected chi connectivity index (χ1v) is 4.44. The average Bonchev–Trinajstić information content (AvgIpc) is 2.15. The molecule has 0 radical (unpaired) electrons. The first-order chi connectivity index (χ1) is 5.88. The highest BCUT2D eigenvalue weighted by Gasteiger charge is 2.11. The molecule has 0 unspecified atom stereocenters. The van der Waals surface area contributed by atoms with Crippen LogP contribution in [-0.2, 0) is 14.4 Å². The Morgan fingerprint density at radius 1 is 1.92 bits per heavy atom. The maximum absolute atomic E-state index is 10.5. The molecular formula is C7H9NO3S. The number of allylic oxidation sites excluding steroid dienone is 1. The van der Waals surface area contributed by atoms with Gasteiger partial charge in [-0.3, -0.25) is 4.79 Å². The van der Waals surface area contributed by atoms with E-state index >= 15 is 0 Å². The SMILES string of the molecule is CON=C(C=O)C1=CSCCO1. The van der Waals surface area contributed by atoms with Crippen molar-refractivity contribution in [1.82, 2.24) is 0 Å². The zero-order chi connectivity index (χ0) is 8.81. The first kappa shape index (κ1) is 9.12. The van der Waals surface area contributed by atoms with Gasteiger partial charge in [-0.15, -0.1) is 11.8 Å². The highest BCUT2D eigenvalue weighted by atomic mass is 32.2. The van der Waals surface area contributed by atoms with E-state index in [-0.39, 0.29) is 5.71 Å². The van der Waals surface area contributed by atoms with Gasteiger partial charge in [0.25, 0.3) is 0 Å². The number of rotatable bonds is 3. The topological polar surface area (TPSA) is 47.9 Å². The van der Waals surface area contributed by atoms with E-state index < -0.39 is 0 Å². The summed E-state index contributed by atoms with van der Waals surface area (Å²) in [5.74, 6) is 1.39. The van der Waals surface area contributed by atoms with Crippen LogP contribution in [0.15, 0.2) is 16.3 Å². The molecule has 0 spiro atoms. The predicted octanol–water partition coefficient (Wildman–Crippen LogP) is 0.793. The van der Waals surface area contributed by atoms with Crippen LogP contribution in [0.1, 0.15) is 0 Å². The number of thioether (sulfide) groups is 1. The highest BCUT2D eigenvalue weighted by molar-refractivity contribution is 8.02. The van der Waals surface area contributed by atoms with Gasteiger partial charge in [0.15, 0.2) is 17.8 Å². The van der Waals surface area contributed by atoms with Crippen molar-refractivity contribution in [2.75, 3.05) is 19.5 Å². The van der Waals surface area contributed by atoms with E-state index in [1.54, 1.807) is 17.2 Å². The Bertz CT molecular complexity index is 225. The van der Waals surface area contributed by atoms with Crippen LogP contribution in [0.25, 0.3) is 0 Å². The second-order valence-electron chi connectivity index (χ2n) is 1.98. The molecule has 0 aromatic heterocycles. The summed E-state index contributed by atoms with van der Waals surface area (Å²) in [6, 6.07) is 0. The summed E-state index contributed by atoms with van der Waals surface area (Å²) in [5, 5.41) is 5.27. The summed E-state index contributed by atoms with van der Waals surface area (Å²) < 4.78 is 5.18.